The lowest BCUT2D eigenvalue weighted by atomic mass is 10.1. The molecule has 0 atom stereocenters. The lowest BCUT2D eigenvalue weighted by molar-refractivity contribution is 0.630. The largest absolute Gasteiger partial charge is 0.365 e. The van der Waals surface area contributed by atoms with Crippen molar-refractivity contribution in [3.05, 3.63) is 22.3 Å². The van der Waals surface area contributed by atoms with Crippen LogP contribution in [0.5, 0.6) is 0 Å². The highest BCUT2D eigenvalue weighted by Gasteiger charge is 2.12. The molecule has 0 aliphatic heterocycles. The van der Waals surface area contributed by atoms with Gasteiger partial charge in [0.1, 0.15) is 11.9 Å². The minimum atomic E-state index is -0.0380. The maximum atomic E-state index is 8.65. The first-order chi connectivity index (χ1) is 6.42. The number of anilines is 1. The number of aromatic nitrogens is 1. The monoisotopic (exact) mass is 253 g/mol. The average molecular weight is 254 g/mol. The summed E-state index contributed by atoms with van der Waals surface area (Å²) in [6.07, 6.45) is 1.55. The smallest absolute Gasteiger partial charge is 0.140 e. The van der Waals surface area contributed by atoms with Crippen molar-refractivity contribution in [1.82, 2.24) is 4.98 Å². The molecule has 4 heteroatoms. The van der Waals surface area contributed by atoms with Gasteiger partial charge in [-0.2, -0.15) is 5.26 Å². The lowest BCUT2D eigenvalue weighted by Gasteiger charge is -2.21. The van der Waals surface area contributed by atoms with E-state index in [1.54, 1.807) is 12.3 Å². The Kier molecular flexibility index (Phi) is 3.12. The topological polar surface area (TPSA) is 48.7 Å². The quantitative estimate of drug-likeness (QED) is 0.838. The van der Waals surface area contributed by atoms with Gasteiger partial charge in [0.25, 0.3) is 0 Å². The predicted octanol–water partition coefficient (Wildman–Crippen LogP) is 2.93. The number of hydrogen-bond donors (Lipinski definition) is 1. The van der Waals surface area contributed by atoms with E-state index >= 15 is 0 Å². The van der Waals surface area contributed by atoms with Crippen molar-refractivity contribution in [3.63, 3.8) is 0 Å². The summed E-state index contributed by atoms with van der Waals surface area (Å²) >= 11 is 3.36. The average Bonchev–Trinajstić information content (AvgIpc) is 2.06. The van der Waals surface area contributed by atoms with Crippen LogP contribution in [0.3, 0.4) is 0 Å². The molecule has 0 amide bonds. The van der Waals surface area contributed by atoms with E-state index in [2.05, 4.69) is 47.0 Å². The fraction of sp³-hybridized carbons (Fsp3) is 0.400. The fourth-order valence-electron chi connectivity index (χ4n) is 0.946. The third-order valence-electron chi connectivity index (χ3n) is 1.46. The van der Waals surface area contributed by atoms with E-state index in [9.17, 15) is 0 Å². The van der Waals surface area contributed by atoms with Gasteiger partial charge in [0, 0.05) is 11.7 Å². The van der Waals surface area contributed by atoms with E-state index in [1.165, 1.54) is 0 Å². The zero-order valence-corrected chi connectivity index (χ0v) is 10.0. The molecule has 0 radical (unpaired) electrons. The normalized spacial score (nSPS) is 10.8. The van der Waals surface area contributed by atoms with Crippen LogP contribution in [0.2, 0.25) is 0 Å². The van der Waals surface area contributed by atoms with Crippen molar-refractivity contribution in [3.8, 4) is 6.07 Å². The first-order valence-electron chi connectivity index (χ1n) is 4.26. The summed E-state index contributed by atoms with van der Waals surface area (Å²) in [5.41, 5.74) is 0.514. The van der Waals surface area contributed by atoms with Crippen LogP contribution < -0.4 is 5.32 Å². The van der Waals surface area contributed by atoms with Crippen LogP contribution in [0.4, 0.5) is 5.82 Å². The van der Waals surface area contributed by atoms with Gasteiger partial charge in [-0.1, -0.05) is 0 Å². The number of rotatable bonds is 1. The second-order valence-corrected chi connectivity index (χ2v) is 4.90. The van der Waals surface area contributed by atoms with Crippen molar-refractivity contribution < 1.29 is 0 Å². The summed E-state index contributed by atoms with van der Waals surface area (Å²) in [6, 6.07) is 3.79. The van der Waals surface area contributed by atoms with Crippen molar-refractivity contribution >= 4 is 21.7 Å². The molecular formula is C10H12BrN3. The Morgan fingerprint density at radius 2 is 2.14 bits per heavy atom. The molecule has 0 aromatic carbocycles. The Labute approximate surface area is 92.3 Å². The Morgan fingerprint density at radius 1 is 1.50 bits per heavy atom. The van der Waals surface area contributed by atoms with Crippen molar-refractivity contribution in [2.75, 3.05) is 5.32 Å². The molecule has 0 aliphatic rings. The van der Waals surface area contributed by atoms with Crippen molar-refractivity contribution in [2.45, 2.75) is 26.3 Å². The molecule has 1 aromatic rings. The molecule has 14 heavy (non-hydrogen) atoms. The number of nitrogens with zero attached hydrogens (tertiary/aromatic N) is 2. The van der Waals surface area contributed by atoms with Crippen LogP contribution in [-0.2, 0) is 0 Å². The SMILES string of the molecule is CC(C)(C)Nc1ncc(C#N)cc1Br. The van der Waals surface area contributed by atoms with Crippen LogP contribution >= 0.6 is 15.9 Å². The van der Waals surface area contributed by atoms with Crippen LogP contribution in [0.1, 0.15) is 26.3 Å². The van der Waals surface area contributed by atoms with Gasteiger partial charge in [0.05, 0.1) is 10.0 Å². The second-order valence-electron chi connectivity index (χ2n) is 4.04. The van der Waals surface area contributed by atoms with Crippen molar-refractivity contribution in [2.24, 2.45) is 0 Å². The van der Waals surface area contributed by atoms with E-state index in [0.717, 1.165) is 10.3 Å². The molecular weight excluding hydrogens is 242 g/mol. The summed E-state index contributed by atoms with van der Waals surface area (Å²) < 4.78 is 0.812. The maximum Gasteiger partial charge on any atom is 0.140 e. The fourth-order valence-corrected chi connectivity index (χ4v) is 1.39. The Morgan fingerprint density at radius 3 is 2.57 bits per heavy atom. The molecule has 0 saturated heterocycles. The maximum absolute atomic E-state index is 8.65. The van der Waals surface area contributed by atoms with Gasteiger partial charge in [-0.05, 0) is 42.8 Å². The number of nitriles is 1. The summed E-state index contributed by atoms with van der Waals surface area (Å²) in [5, 5.41) is 11.9. The summed E-state index contributed by atoms with van der Waals surface area (Å²) in [5.74, 6) is 0.761. The predicted molar refractivity (Wildman–Crippen MR) is 60.0 cm³/mol. The summed E-state index contributed by atoms with van der Waals surface area (Å²) in [6.45, 7) is 6.16. The van der Waals surface area contributed by atoms with E-state index in [4.69, 9.17) is 5.26 Å². The Bertz CT molecular complexity index is 374. The van der Waals surface area contributed by atoms with Gasteiger partial charge in [-0.15, -0.1) is 0 Å². The highest BCUT2D eigenvalue weighted by molar-refractivity contribution is 9.10. The molecule has 0 spiro atoms. The second kappa shape index (κ2) is 3.97. The molecule has 1 heterocycles. The molecule has 1 N–H and O–H groups in total. The number of nitrogens with one attached hydrogen (secondary N) is 1. The molecule has 0 fully saturated rings. The third-order valence-corrected chi connectivity index (χ3v) is 2.07. The molecule has 1 aromatic heterocycles. The minimum Gasteiger partial charge on any atom is -0.365 e. The zero-order valence-electron chi connectivity index (χ0n) is 8.43. The van der Waals surface area contributed by atoms with Gasteiger partial charge >= 0.3 is 0 Å². The molecule has 0 unspecified atom stereocenters. The molecule has 3 nitrogen and oxygen atoms in total. The van der Waals surface area contributed by atoms with Gasteiger partial charge in [0.2, 0.25) is 0 Å². The first-order valence-corrected chi connectivity index (χ1v) is 5.05. The van der Waals surface area contributed by atoms with Crippen LogP contribution in [0.15, 0.2) is 16.7 Å². The first kappa shape index (κ1) is 11.0. The van der Waals surface area contributed by atoms with Gasteiger partial charge < -0.3 is 5.32 Å². The zero-order chi connectivity index (χ0) is 10.8. The van der Waals surface area contributed by atoms with Crippen molar-refractivity contribution in [1.29, 1.82) is 5.26 Å². The number of hydrogen-bond acceptors (Lipinski definition) is 3. The molecule has 1 rings (SSSR count). The Balaban J connectivity index is 2.97. The molecule has 0 bridgehead atoms. The number of halogens is 1. The third kappa shape index (κ3) is 3.00. The number of pyridine rings is 1. The van der Waals surface area contributed by atoms with E-state index in [1.807, 2.05) is 6.07 Å². The van der Waals surface area contributed by atoms with Crippen LogP contribution in [-0.4, -0.2) is 10.5 Å². The van der Waals surface area contributed by atoms with Gasteiger partial charge in [0.15, 0.2) is 0 Å². The van der Waals surface area contributed by atoms with Crippen LogP contribution in [0, 0.1) is 11.3 Å². The van der Waals surface area contributed by atoms with E-state index < -0.39 is 0 Å². The van der Waals surface area contributed by atoms with Crippen LogP contribution in [0.25, 0.3) is 0 Å². The summed E-state index contributed by atoms with van der Waals surface area (Å²) in [7, 11) is 0. The minimum absolute atomic E-state index is 0.0380. The standard InChI is InChI=1S/C10H12BrN3/c1-10(2,3)14-9-8(11)4-7(5-12)6-13-9/h4,6H,1-3H3,(H,13,14). The van der Waals surface area contributed by atoms with Gasteiger partial charge in [-0.3, -0.25) is 0 Å². The lowest BCUT2D eigenvalue weighted by Crippen LogP contribution is -2.26. The van der Waals surface area contributed by atoms with E-state index in [-0.39, 0.29) is 5.54 Å². The van der Waals surface area contributed by atoms with E-state index in [0.29, 0.717) is 5.56 Å². The van der Waals surface area contributed by atoms with Gasteiger partial charge in [-0.25, -0.2) is 4.98 Å². The molecule has 0 saturated carbocycles. The highest BCUT2D eigenvalue weighted by Crippen LogP contribution is 2.23. The highest BCUT2D eigenvalue weighted by atomic mass is 79.9. The Hall–Kier alpha value is -1.08. The summed E-state index contributed by atoms with van der Waals surface area (Å²) in [4.78, 5) is 4.15. The molecule has 0 aliphatic carbocycles. The molecule has 74 valence electrons.